The van der Waals surface area contributed by atoms with Crippen LogP contribution in [0.2, 0.25) is 0 Å². The van der Waals surface area contributed by atoms with E-state index in [0.29, 0.717) is 18.1 Å². The van der Waals surface area contributed by atoms with Gasteiger partial charge >= 0.3 is 0 Å². The second-order valence-electron chi connectivity index (χ2n) is 7.28. The number of hydrogen-bond donors (Lipinski definition) is 1. The molecule has 1 aliphatic heterocycles. The fourth-order valence-corrected chi connectivity index (χ4v) is 6.25. The number of benzene rings is 1. The van der Waals surface area contributed by atoms with E-state index in [-0.39, 0.29) is 10.9 Å². The van der Waals surface area contributed by atoms with Gasteiger partial charge < -0.3 is 10.1 Å². The van der Waals surface area contributed by atoms with Crippen molar-refractivity contribution in [3.63, 3.8) is 0 Å². The standard InChI is InChI=1S/C21H24N4O3S2/c1-14-9-10-18(28-3)19(12-14)30(26,27)25-11-5-7-17(25)16-6-4-8-20(23-16)24-21-22-13-15(2)29-21/h4,6,8-10,12-13,17H,5,7,11H2,1-3H3,(H,22,23,24)/t17-/m0/s1. The van der Waals surface area contributed by atoms with Gasteiger partial charge in [0.2, 0.25) is 10.0 Å². The number of nitrogens with zero attached hydrogens (tertiary/aromatic N) is 3. The summed E-state index contributed by atoms with van der Waals surface area (Å²) in [5.74, 6) is 1.01. The van der Waals surface area contributed by atoms with Crippen molar-refractivity contribution in [1.29, 1.82) is 0 Å². The van der Waals surface area contributed by atoms with Crippen LogP contribution in [0.4, 0.5) is 10.9 Å². The minimum Gasteiger partial charge on any atom is -0.495 e. The zero-order valence-electron chi connectivity index (χ0n) is 17.1. The summed E-state index contributed by atoms with van der Waals surface area (Å²) in [6, 6.07) is 10.5. The normalized spacial score (nSPS) is 17.2. The molecule has 9 heteroatoms. The minimum atomic E-state index is -3.73. The number of aromatic nitrogens is 2. The molecule has 3 aromatic rings. The van der Waals surface area contributed by atoms with Crippen LogP contribution in [0.25, 0.3) is 0 Å². The van der Waals surface area contributed by atoms with Crippen LogP contribution in [0.5, 0.6) is 5.75 Å². The van der Waals surface area contributed by atoms with Crippen LogP contribution in [0.15, 0.2) is 47.5 Å². The number of rotatable bonds is 6. The third-order valence-electron chi connectivity index (χ3n) is 5.08. The van der Waals surface area contributed by atoms with Crippen LogP contribution in [-0.2, 0) is 10.0 Å². The first-order chi connectivity index (χ1) is 14.4. The molecule has 1 aromatic carbocycles. The van der Waals surface area contributed by atoms with Crippen LogP contribution in [0.1, 0.15) is 35.0 Å². The van der Waals surface area contributed by atoms with Crippen LogP contribution in [0, 0.1) is 13.8 Å². The lowest BCUT2D eigenvalue weighted by molar-refractivity contribution is 0.377. The fraction of sp³-hybridized carbons (Fsp3) is 0.333. The Morgan fingerprint density at radius 2 is 2.07 bits per heavy atom. The topological polar surface area (TPSA) is 84.4 Å². The van der Waals surface area contributed by atoms with Crippen molar-refractivity contribution in [3.8, 4) is 5.75 Å². The maximum Gasteiger partial charge on any atom is 0.247 e. The SMILES string of the molecule is COc1ccc(C)cc1S(=O)(=O)N1CCC[C@H]1c1cccc(Nc2ncc(C)s2)n1. The molecule has 1 N–H and O–H groups in total. The van der Waals surface area contributed by atoms with Gasteiger partial charge in [-0.05, 0) is 56.5 Å². The van der Waals surface area contributed by atoms with Gasteiger partial charge in [0.05, 0.1) is 18.8 Å². The number of anilines is 2. The van der Waals surface area contributed by atoms with E-state index >= 15 is 0 Å². The quantitative estimate of drug-likeness (QED) is 0.605. The summed E-state index contributed by atoms with van der Waals surface area (Å²) >= 11 is 1.55. The Bertz CT molecular complexity index is 1160. The number of thiazole rings is 1. The van der Waals surface area contributed by atoms with Crippen molar-refractivity contribution in [1.82, 2.24) is 14.3 Å². The van der Waals surface area contributed by atoms with Gasteiger partial charge in [-0.3, -0.25) is 0 Å². The molecule has 7 nitrogen and oxygen atoms in total. The van der Waals surface area contributed by atoms with Gasteiger partial charge in [0.25, 0.3) is 0 Å². The average Bonchev–Trinajstić information content (AvgIpc) is 3.38. The van der Waals surface area contributed by atoms with Crippen molar-refractivity contribution in [3.05, 3.63) is 58.7 Å². The maximum atomic E-state index is 13.5. The Kier molecular flexibility index (Phi) is 5.77. The van der Waals surface area contributed by atoms with Gasteiger partial charge in [-0.1, -0.05) is 12.1 Å². The Hall–Kier alpha value is -2.49. The molecule has 0 radical (unpaired) electrons. The molecule has 0 unspecified atom stereocenters. The van der Waals surface area contributed by atoms with Crippen molar-refractivity contribution >= 4 is 32.3 Å². The zero-order chi connectivity index (χ0) is 21.3. The molecular formula is C21H24N4O3S2. The predicted octanol–water partition coefficient (Wildman–Crippen LogP) is 4.43. The molecule has 0 spiro atoms. The summed E-state index contributed by atoms with van der Waals surface area (Å²) in [7, 11) is -2.24. The Labute approximate surface area is 180 Å². The average molecular weight is 445 g/mol. The highest BCUT2D eigenvalue weighted by Crippen LogP contribution is 2.38. The first-order valence-corrected chi connectivity index (χ1v) is 12.0. The molecule has 1 saturated heterocycles. The zero-order valence-corrected chi connectivity index (χ0v) is 18.8. The summed E-state index contributed by atoms with van der Waals surface area (Å²) in [4.78, 5) is 10.3. The molecule has 1 aliphatic rings. The molecule has 3 heterocycles. The highest BCUT2D eigenvalue weighted by molar-refractivity contribution is 7.89. The lowest BCUT2D eigenvalue weighted by Gasteiger charge is -2.25. The molecule has 30 heavy (non-hydrogen) atoms. The first kappa shape index (κ1) is 20.8. The number of nitrogens with one attached hydrogen (secondary N) is 1. The second-order valence-corrected chi connectivity index (χ2v) is 10.4. The third kappa shape index (κ3) is 4.05. The molecule has 158 valence electrons. The Balaban J connectivity index is 1.65. The number of hydrogen-bond acceptors (Lipinski definition) is 7. The summed E-state index contributed by atoms with van der Waals surface area (Å²) in [6.07, 6.45) is 3.31. The Morgan fingerprint density at radius 3 is 2.80 bits per heavy atom. The lowest BCUT2D eigenvalue weighted by Crippen LogP contribution is -2.31. The van der Waals surface area contributed by atoms with E-state index in [1.54, 1.807) is 34.0 Å². The second kappa shape index (κ2) is 8.33. The van der Waals surface area contributed by atoms with E-state index in [1.807, 2.05) is 38.1 Å². The van der Waals surface area contributed by atoms with Crippen LogP contribution >= 0.6 is 11.3 Å². The minimum absolute atomic E-state index is 0.199. The van der Waals surface area contributed by atoms with Crippen molar-refractivity contribution < 1.29 is 13.2 Å². The molecular weight excluding hydrogens is 420 g/mol. The highest BCUT2D eigenvalue weighted by atomic mass is 32.2. The van der Waals surface area contributed by atoms with Gasteiger partial charge in [0.15, 0.2) is 5.13 Å². The number of sulfonamides is 1. The van der Waals surface area contributed by atoms with E-state index < -0.39 is 10.0 Å². The number of ether oxygens (including phenoxy) is 1. The van der Waals surface area contributed by atoms with E-state index in [0.717, 1.165) is 34.1 Å². The Morgan fingerprint density at radius 1 is 1.23 bits per heavy atom. The van der Waals surface area contributed by atoms with Gasteiger partial charge in [0, 0.05) is 17.6 Å². The third-order valence-corrected chi connectivity index (χ3v) is 7.84. The van der Waals surface area contributed by atoms with E-state index in [9.17, 15) is 8.42 Å². The molecule has 0 bridgehead atoms. The van der Waals surface area contributed by atoms with Gasteiger partial charge in [-0.2, -0.15) is 4.31 Å². The molecule has 2 aromatic heterocycles. The molecule has 0 saturated carbocycles. The van der Waals surface area contributed by atoms with E-state index in [4.69, 9.17) is 9.72 Å². The summed E-state index contributed by atoms with van der Waals surface area (Å²) in [5, 5.41) is 3.97. The summed E-state index contributed by atoms with van der Waals surface area (Å²) in [6.45, 7) is 4.32. The van der Waals surface area contributed by atoms with E-state index in [1.165, 1.54) is 7.11 Å². The first-order valence-electron chi connectivity index (χ1n) is 9.71. The number of aryl methyl sites for hydroxylation is 2. The fourth-order valence-electron chi connectivity index (χ4n) is 3.66. The number of pyridine rings is 1. The van der Waals surface area contributed by atoms with Crippen LogP contribution in [-0.4, -0.2) is 36.3 Å². The van der Waals surface area contributed by atoms with Crippen molar-refractivity contribution in [2.75, 3.05) is 19.0 Å². The lowest BCUT2D eigenvalue weighted by atomic mass is 10.1. The molecule has 4 rings (SSSR count). The predicted molar refractivity (Wildman–Crippen MR) is 118 cm³/mol. The molecule has 0 amide bonds. The van der Waals surface area contributed by atoms with E-state index in [2.05, 4.69) is 10.3 Å². The molecule has 1 atom stereocenters. The summed E-state index contributed by atoms with van der Waals surface area (Å²) in [5.41, 5.74) is 1.59. The largest absolute Gasteiger partial charge is 0.495 e. The molecule has 0 aliphatic carbocycles. The van der Waals surface area contributed by atoms with Gasteiger partial charge in [0.1, 0.15) is 16.5 Å². The smallest absolute Gasteiger partial charge is 0.247 e. The van der Waals surface area contributed by atoms with Crippen molar-refractivity contribution in [2.45, 2.75) is 37.6 Å². The monoisotopic (exact) mass is 444 g/mol. The van der Waals surface area contributed by atoms with Gasteiger partial charge in [-0.25, -0.2) is 18.4 Å². The number of methoxy groups -OCH3 is 1. The maximum absolute atomic E-state index is 13.5. The summed E-state index contributed by atoms with van der Waals surface area (Å²) < 4.78 is 33.9. The van der Waals surface area contributed by atoms with Crippen LogP contribution in [0.3, 0.4) is 0 Å². The van der Waals surface area contributed by atoms with Crippen molar-refractivity contribution in [2.24, 2.45) is 0 Å². The van der Waals surface area contributed by atoms with Gasteiger partial charge in [-0.15, -0.1) is 11.3 Å². The van der Waals surface area contributed by atoms with Crippen LogP contribution < -0.4 is 10.1 Å². The molecule has 1 fully saturated rings. The highest BCUT2D eigenvalue weighted by Gasteiger charge is 2.38.